The maximum absolute atomic E-state index is 5.73. The molecule has 8 N–H and O–H groups in total. The number of aromatic amines is 2. The van der Waals surface area contributed by atoms with Crippen LogP contribution in [0.1, 0.15) is 0 Å². The zero-order valence-electron chi connectivity index (χ0n) is 22.8. The number of ether oxygens (including phenoxy) is 2. The summed E-state index contributed by atoms with van der Waals surface area (Å²) in [5, 5.41) is 15.2. The van der Waals surface area contributed by atoms with Gasteiger partial charge in [-0.05, 0) is 48.5 Å². The van der Waals surface area contributed by atoms with Crippen LogP contribution in [-0.2, 0) is 0 Å². The molecule has 15 nitrogen and oxygen atoms in total. The highest BCUT2D eigenvalue weighted by Gasteiger charge is 2.15. The van der Waals surface area contributed by atoms with Crippen LogP contribution in [0, 0.1) is 0 Å². The Labute approximate surface area is 234 Å². The molecule has 0 amide bonds. The summed E-state index contributed by atoms with van der Waals surface area (Å²) >= 11 is 0. The smallest absolute Gasteiger partial charge is 0.224 e. The van der Waals surface area contributed by atoms with Crippen molar-refractivity contribution < 1.29 is 14.9 Å². The van der Waals surface area contributed by atoms with Gasteiger partial charge in [-0.15, -0.1) is 0 Å². The molecule has 212 valence electrons. The van der Waals surface area contributed by atoms with Gasteiger partial charge in [-0.25, -0.2) is 0 Å². The highest BCUT2D eigenvalue weighted by atomic mass is 16.5. The third-order valence-electron chi connectivity index (χ3n) is 6.17. The summed E-state index contributed by atoms with van der Waals surface area (Å²) in [4.78, 5) is 20.6. The zero-order chi connectivity index (χ0) is 28.2. The van der Waals surface area contributed by atoms with E-state index in [-0.39, 0.29) is 17.4 Å². The molecular weight excluding hydrogens is 528 g/mol. The van der Waals surface area contributed by atoms with Gasteiger partial charge in [-0.2, -0.15) is 30.1 Å². The predicted octanol–water partition coefficient (Wildman–Crippen LogP) is 2.60. The first-order valence-electron chi connectivity index (χ1n) is 12.1. The Morgan fingerprint density at radius 1 is 0.610 bits per heavy atom. The van der Waals surface area contributed by atoms with Gasteiger partial charge in [0.05, 0.1) is 37.4 Å². The lowest BCUT2D eigenvalue weighted by molar-refractivity contribution is 0.414. The van der Waals surface area contributed by atoms with Crippen LogP contribution in [0.2, 0.25) is 0 Å². The molecule has 0 bridgehead atoms. The summed E-state index contributed by atoms with van der Waals surface area (Å²) < 4.78 is 10.3. The summed E-state index contributed by atoms with van der Waals surface area (Å²) in [6.45, 7) is 0. The molecule has 0 spiro atoms. The average Bonchev–Trinajstić information content (AvgIpc) is 3.65. The van der Waals surface area contributed by atoms with Crippen LogP contribution < -0.4 is 30.7 Å². The number of fused-ring (bicyclic) bond motifs is 2. The summed E-state index contributed by atoms with van der Waals surface area (Å²) in [7, 11) is 7.10. The van der Waals surface area contributed by atoms with Crippen molar-refractivity contribution >= 4 is 57.0 Å². The maximum atomic E-state index is 5.73. The van der Waals surface area contributed by atoms with Crippen molar-refractivity contribution in [3.05, 3.63) is 60.9 Å². The van der Waals surface area contributed by atoms with Gasteiger partial charge < -0.3 is 36.2 Å². The fraction of sp³-hybridized carbons (Fsp3) is 0.154. The number of methoxy groups -OCH3 is 2. The molecule has 0 aliphatic heterocycles. The number of hydrogen-bond donors (Lipinski definition) is 4. The van der Waals surface area contributed by atoms with E-state index in [9.17, 15) is 0 Å². The Kier molecular flexibility index (Phi) is 8.29. The molecule has 15 heteroatoms. The van der Waals surface area contributed by atoms with Crippen molar-refractivity contribution in [2.45, 2.75) is 0 Å². The van der Waals surface area contributed by atoms with Crippen molar-refractivity contribution in [2.24, 2.45) is 0 Å². The molecule has 4 aromatic heterocycles. The molecule has 6 aromatic rings. The number of nitrogen functional groups attached to an aromatic ring is 2. The Bertz CT molecular complexity index is 1610. The number of nitrogens with zero attached hydrogens (tertiary/aromatic N) is 8. The van der Waals surface area contributed by atoms with Crippen LogP contribution in [0.15, 0.2) is 60.9 Å². The first-order valence-corrected chi connectivity index (χ1v) is 12.1. The first kappa shape index (κ1) is 28.3. The Balaban J connectivity index is 0.000000184. The molecular formula is C26H30N12O3. The molecule has 0 radical (unpaired) electrons. The van der Waals surface area contributed by atoms with Gasteiger partial charge in [0.2, 0.25) is 11.9 Å². The first-order chi connectivity index (χ1) is 19.4. The molecule has 0 fully saturated rings. The van der Waals surface area contributed by atoms with Crippen LogP contribution in [0.3, 0.4) is 0 Å². The monoisotopic (exact) mass is 558 g/mol. The van der Waals surface area contributed by atoms with Gasteiger partial charge in [-0.1, -0.05) is 0 Å². The molecule has 0 aliphatic carbocycles. The number of rotatable bonds is 6. The SMILES string of the molecule is COc1ccc(N(C)c2nc(N)nc3[nH]ncc23)cc1.COc1ccc(N(C)c2nc(N)nc3[nH]ncc23)cc1.O. The van der Waals surface area contributed by atoms with Gasteiger partial charge >= 0.3 is 0 Å². The highest BCUT2D eigenvalue weighted by Crippen LogP contribution is 2.30. The number of nitrogens with two attached hydrogens (primary N) is 2. The highest BCUT2D eigenvalue weighted by molar-refractivity contribution is 5.90. The summed E-state index contributed by atoms with van der Waals surface area (Å²) in [6, 6.07) is 15.4. The van der Waals surface area contributed by atoms with E-state index in [2.05, 4.69) is 40.3 Å². The standard InChI is InChI=1S/2C13H14N6O.H2O/c2*1-19(8-3-5-9(20-2)6-4-8)12-10-7-15-18-11(10)16-13(14)17-12;/h2*3-7H,1-2H3,(H3,14,15,16,17,18);1H2. The third kappa shape index (κ3) is 5.84. The summed E-state index contributed by atoms with van der Waals surface area (Å²) in [6.07, 6.45) is 3.37. The van der Waals surface area contributed by atoms with E-state index < -0.39 is 0 Å². The number of aromatic nitrogens is 8. The zero-order valence-corrected chi connectivity index (χ0v) is 22.8. The van der Waals surface area contributed by atoms with Crippen LogP contribution in [0.4, 0.5) is 34.9 Å². The lowest BCUT2D eigenvalue weighted by atomic mass is 10.2. The van der Waals surface area contributed by atoms with Crippen molar-refractivity contribution in [2.75, 3.05) is 49.6 Å². The van der Waals surface area contributed by atoms with E-state index in [4.69, 9.17) is 20.9 Å². The van der Waals surface area contributed by atoms with Crippen LogP contribution in [0.25, 0.3) is 22.1 Å². The second-order valence-electron chi connectivity index (χ2n) is 8.59. The molecule has 41 heavy (non-hydrogen) atoms. The van der Waals surface area contributed by atoms with Crippen LogP contribution in [0.5, 0.6) is 11.5 Å². The van der Waals surface area contributed by atoms with Crippen molar-refractivity contribution in [3.63, 3.8) is 0 Å². The van der Waals surface area contributed by atoms with Crippen molar-refractivity contribution in [3.8, 4) is 11.5 Å². The second kappa shape index (κ2) is 12.0. The normalized spacial score (nSPS) is 10.4. The molecule has 0 saturated heterocycles. The Morgan fingerprint density at radius 3 is 1.32 bits per heavy atom. The fourth-order valence-electron chi connectivity index (χ4n) is 4.04. The van der Waals surface area contributed by atoms with Gasteiger partial charge in [0.1, 0.15) is 23.1 Å². The second-order valence-corrected chi connectivity index (χ2v) is 8.59. The number of benzene rings is 2. The van der Waals surface area contributed by atoms with E-state index in [1.807, 2.05) is 72.4 Å². The summed E-state index contributed by atoms with van der Waals surface area (Å²) in [5.74, 6) is 3.42. The molecule has 2 aromatic carbocycles. The van der Waals surface area contributed by atoms with Gasteiger partial charge in [-0.3, -0.25) is 10.2 Å². The van der Waals surface area contributed by atoms with Crippen molar-refractivity contribution in [1.82, 2.24) is 40.3 Å². The molecule has 4 heterocycles. The number of hydrogen-bond acceptors (Lipinski definition) is 12. The third-order valence-corrected chi connectivity index (χ3v) is 6.17. The van der Waals surface area contributed by atoms with E-state index in [1.165, 1.54) is 0 Å². The lowest BCUT2D eigenvalue weighted by Gasteiger charge is -2.19. The van der Waals surface area contributed by atoms with Crippen molar-refractivity contribution in [1.29, 1.82) is 0 Å². The molecule has 0 atom stereocenters. The van der Waals surface area contributed by atoms with Crippen LogP contribution in [-0.4, -0.2) is 74.1 Å². The van der Waals surface area contributed by atoms with Gasteiger partial charge in [0, 0.05) is 25.5 Å². The number of nitrogens with one attached hydrogen (secondary N) is 2. The minimum Gasteiger partial charge on any atom is -0.497 e. The number of anilines is 6. The Morgan fingerprint density at radius 2 is 0.976 bits per heavy atom. The van der Waals surface area contributed by atoms with Gasteiger partial charge in [0.25, 0.3) is 0 Å². The van der Waals surface area contributed by atoms with E-state index in [0.717, 1.165) is 33.6 Å². The van der Waals surface area contributed by atoms with E-state index >= 15 is 0 Å². The molecule has 0 aliphatic rings. The van der Waals surface area contributed by atoms with E-state index in [0.29, 0.717) is 22.9 Å². The van der Waals surface area contributed by atoms with Gasteiger partial charge in [0.15, 0.2) is 11.3 Å². The number of H-pyrrole nitrogens is 2. The fourth-order valence-corrected chi connectivity index (χ4v) is 4.04. The largest absolute Gasteiger partial charge is 0.497 e. The molecule has 6 rings (SSSR count). The lowest BCUT2D eigenvalue weighted by Crippen LogP contribution is -2.13. The Hall–Kier alpha value is -5.70. The minimum atomic E-state index is 0. The topological polar surface area (TPSA) is 217 Å². The maximum Gasteiger partial charge on any atom is 0.224 e. The minimum absolute atomic E-state index is 0. The quantitative estimate of drug-likeness (QED) is 0.232. The van der Waals surface area contributed by atoms with Crippen LogP contribution >= 0.6 is 0 Å². The molecule has 0 saturated carbocycles. The predicted molar refractivity (Wildman–Crippen MR) is 158 cm³/mol. The average molecular weight is 559 g/mol. The summed E-state index contributed by atoms with van der Waals surface area (Å²) in [5.41, 5.74) is 14.6. The molecule has 0 unspecified atom stereocenters. The van der Waals surface area contributed by atoms with E-state index in [1.54, 1.807) is 26.6 Å².